The topological polar surface area (TPSA) is 12.0 Å². The molecule has 0 bridgehead atoms. The summed E-state index contributed by atoms with van der Waals surface area (Å²) in [5.74, 6) is 0.905. The second kappa shape index (κ2) is 4.88. The van der Waals surface area contributed by atoms with E-state index in [1.165, 1.54) is 24.8 Å². The van der Waals surface area contributed by atoms with Gasteiger partial charge in [-0.1, -0.05) is 18.5 Å². The van der Waals surface area contributed by atoms with E-state index in [4.69, 9.17) is 11.6 Å². The molecule has 12 heavy (non-hydrogen) atoms. The lowest BCUT2D eigenvalue weighted by Gasteiger charge is -2.11. The minimum absolute atomic E-state index is 0.728. The molecule has 2 unspecified atom stereocenters. The highest BCUT2D eigenvalue weighted by molar-refractivity contribution is 6.25. The van der Waals surface area contributed by atoms with E-state index < -0.39 is 0 Å². The van der Waals surface area contributed by atoms with E-state index >= 15 is 0 Å². The van der Waals surface area contributed by atoms with Crippen LogP contribution in [0.25, 0.3) is 0 Å². The summed E-state index contributed by atoms with van der Waals surface area (Å²) < 4.78 is 0. The molecule has 0 spiro atoms. The molecule has 1 fully saturated rings. The van der Waals surface area contributed by atoms with Crippen LogP contribution in [0.15, 0.2) is 11.1 Å². The third kappa shape index (κ3) is 3.16. The predicted octanol–water partition coefficient (Wildman–Crippen LogP) is 2.91. The molecule has 0 aromatic rings. The predicted molar refractivity (Wildman–Crippen MR) is 54.4 cm³/mol. The average molecular weight is 188 g/mol. The molecule has 2 heteroatoms. The number of nitrogens with one attached hydrogen (secondary N) is 1. The third-order valence-corrected chi connectivity index (χ3v) is 2.92. The lowest BCUT2D eigenvalue weighted by Crippen LogP contribution is -2.27. The average Bonchev–Trinajstić information content (AvgIpc) is 2.47. The van der Waals surface area contributed by atoms with Gasteiger partial charge < -0.3 is 5.32 Å². The van der Waals surface area contributed by atoms with Gasteiger partial charge in [-0.25, -0.2) is 0 Å². The molecule has 0 saturated heterocycles. The first-order valence-electron chi connectivity index (χ1n) is 4.71. The number of hydrogen-bond acceptors (Lipinski definition) is 1. The van der Waals surface area contributed by atoms with Crippen LogP contribution in [0.2, 0.25) is 0 Å². The molecule has 70 valence electrons. The van der Waals surface area contributed by atoms with Crippen molar-refractivity contribution in [2.24, 2.45) is 5.92 Å². The molecule has 2 atom stereocenters. The summed E-state index contributed by atoms with van der Waals surface area (Å²) in [4.78, 5) is 0. The van der Waals surface area contributed by atoms with Gasteiger partial charge in [0.25, 0.3) is 0 Å². The molecule has 1 aliphatic carbocycles. The highest BCUT2D eigenvalue weighted by Crippen LogP contribution is 2.24. The Kier molecular flexibility index (Phi) is 4.10. The highest BCUT2D eigenvalue weighted by atomic mass is 35.5. The number of hydrogen-bond donors (Lipinski definition) is 1. The largest absolute Gasteiger partial charge is 0.310 e. The van der Waals surface area contributed by atoms with Crippen molar-refractivity contribution in [1.29, 1.82) is 0 Å². The molecule has 0 radical (unpaired) electrons. The van der Waals surface area contributed by atoms with Crippen molar-refractivity contribution < 1.29 is 0 Å². The standard InChI is InChI=1S/C10H18ClN/c1-8-3-4-10(5-8)12-7-9(2)6-11/h6,8,10,12H,3-5,7H2,1-2H3. The smallest absolute Gasteiger partial charge is 0.0176 e. The van der Waals surface area contributed by atoms with Gasteiger partial charge in [-0.2, -0.15) is 0 Å². The van der Waals surface area contributed by atoms with E-state index in [0.29, 0.717) is 0 Å². The molecular formula is C10H18ClN. The first-order chi connectivity index (χ1) is 5.72. The zero-order valence-corrected chi connectivity index (χ0v) is 8.69. The third-order valence-electron chi connectivity index (χ3n) is 2.55. The Labute approximate surface area is 80.2 Å². The monoisotopic (exact) mass is 187 g/mol. The summed E-state index contributed by atoms with van der Waals surface area (Å²) in [6, 6.07) is 0.728. The Morgan fingerprint density at radius 2 is 2.33 bits per heavy atom. The summed E-state index contributed by atoms with van der Waals surface area (Å²) in [6.45, 7) is 5.32. The normalized spacial score (nSPS) is 31.1. The van der Waals surface area contributed by atoms with Gasteiger partial charge in [-0.3, -0.25) is 0 Å². The Balaban J connectivity index is 2.16. The molecule has 1 aliphatic rings. The van der Waals surface area contributed by atoms with Crippen molar-refractivity contribution in [1.82, 2.24) is 5.32 Å². The minimum atomic E-state index is 0.728. The second-order valence-corrected chi connectivity index (χ2v) is 4.17. The van der Waals surface area contributed by atoms with Gasteiger partial charge in [-0.15, -0.1) is 0 Å². The summed E-state index contributed by atoms with van der Waals surface area (Å²) in [6.07, 6.45) is 4.04. The van der Waals surface area contributed by atoms with Crippen LogP contribution in [0.5, 0.6) is 0 Å². The molecule has 1 saturated carbocycles. The lowest BCUT2D eigenvalue weighted by atomic mass is 10.1. The van der Waals surface area contributed by atoms with Crippen LogP contribution in [0, 0.1) is 5.92 Å². The van der Waals surface area contributed by atoms with Crippen LogP contribution in [0.4, 0.5) is 0 Å². The van der Waals surface area contributed by atoms with Crippen LogP contribution in [0.1, 0.15) is 33.1 Å². The fourth-order valence-electron chi connectivity index (χ4n) is 1.74. The first kappa shape index (κ1) is 10.1. The molecule has 1 nitrogen and oxygen atoms in total. The summed E-state index contributed by atoms with van der Waals surface area (Å²) in [5.41, 5.74) is 2.88. The molecule has 0 aliphatic heterocycles. The van der Waals surface area contributed by atoms with Crippen molar-refractivity contribution in [3.63, 3.8) is 0 Å². The second-order valence-electron chi connectivity index (χ2n) is 3.95. The Hall–Kier alpha value is -0.0100. The highest BCUT2D eigenvalue weighted by Gasteiger charge is 2.20. The summed E-state index contributed by atoms with van der Waals surface area (Å²) in [7, 11) is 0. The molecule has 1 rings (SSSR count). The van der Waals surface area contributed by atoms with Crippen LogP contribution in [-0.4, -0.2) is 12.6 Å². The first-order valence-corrected chi connectivity index (χ1v) is 5.15. The van der Waals surface area contributed by atoms with E-state index in [-0.39, 0.29) is 0 Å². The Morgan fingerprint density at radius 1 is 1.58 bits per heavy atom. The van der Waals surface area contributed by atoms with E-state index in [9.17, 15) is 0 Å². The fraction of sp³-hybridized carbons (Fsp3) is 0.800. The van der Waals surface area contributed by atoms with Crippen LogP contribution >= 0.6 is 11.6 Å². The zero-order chi connectivity index (χ0) is 8.97. The maximum atomic E-state index is 5.56. The van der Waals surface area contributed by atoms with Gasteiger partial charge in [0.1, 0.15) is 0 Å². The maximum Gasteiger partial charge on any atom is 0.0176 e. The molecule has 0 aromatic heterocycles. The molecule has 0 aromatic carbocycles. The molecule has 1 N–H and O–H groups in total. The van der Waals surface area contributed by atoms with Gasteiger partial charge in [0.2, 0.25) is 0 Å². The number of rotatable bonds is 3. The van der Waals surface area contributed by atoms with Gasteiger partial charge in [-0.05, 0) is 37.7 Å². The Morgan fingerprint density at radius 3 is 2.83 bits per heavy atom. The van der Waals surface area contributed by atoms with E-state index in [2.05, 4.69) is 19.2 Å². The zero-order valence-electron chi connectivity index (χ0n) is 7.94. The van der Waals surface area contributed by atoms with Crippen molar-refractivity contribution in [3.8, 4) is 0 Å². The van der Waals surface area contributed by atoms with Gasteiger partial charge in [0.15, 0.2) is 0 Å². The molecule has 0 amide bonds. The molecular weight excluding hydrogens is 170 g/mol. The van der Waals surface area contributed by atoms with Gasteiger partial charge in [0, 0.05) is 18.1 Å². The van der Waals surface area contributed by atoms with Crippen molar-refractivity contribution >= 4 is 11.6 Å². The van der Waals surface area contributed by atoms with Crippen molar-refractivity contribution in [3.05, 3.63) is 11.1 Å². The van der Waals surface area contributed by atoms with E-state index in [1.54, 1.807) is 5.54 Å². The van der Waals surface area contributed by atoms with Crippen molar-refractivity contribution in [2.75, 3.05) is 6.54 Å². The van der Waals surface area contributed by atoms with Crippen molar-refractivity contribution in [2.45, 2.75) is 39.2 Å². The van der Waals surface area contributed by atoms with Gasteiger partial charge >= 0.3 is 0 Å². The lowest BCUT2D eigenvalue weighted by molar-refractivity contribution is 0.522. The van der Waals surface area contributed by atoms with Crippen LogP contribution < -0.4 is 5.32 Å². The Bertz CT molecular complexity index is 165. The van der Waals surface area contributed by atoms with Crippen LogP contribution in [-0.2, 0) is 0 Å². The SMILES string of the molecule is CC(=CCl)CNC1CCC(C)C1. The minimum Gasteiger partial charge on any atom is -0.310 e. The van der Waals surface area contributed by atoms with E-state index in [0.717, 1.165) is 18.5 Å². The summed E-state index contributed by atoms with van der Waals surface area (Å²) in [5, 5.41) is 3.51. The van der Waals surface area contributed by atoms with Gasteiger partial charge in [0.05, 0.1) is 0 Å². The summed E-state index contributed by atoms with van der Waals surface area (Å²) >= 11 is 5.56. The number of halogens is 1. The quantitative estimate of drug-likeness (QED) is 0.717. The van der Waals surface area contributed by atoms with Crippen LogP contribution in [0.3, 0.4) is 0 Å². The maximum absolute atomic E-state index is 5.56. The molecule has 0 heterocycles. The fourth-order valence-corrected chi connectivity index (χ4v) is 1.81. The van der Waals surface area contributed by atoms with E-state index in [1.807, 2.05) is 0 Å².